The lowest BCUT2D eigenvalue weighted by Gasteiger charge is -2.16. The summed E-state index contributed by atoms with van der Waals surface area (Å²) in [6, 6.07) is 17.2. The molecule has 7 heteroatoms. The molecule has 6 nitrogen and oxygen atoms in total. The zero-order valence-electron chi connectivity index (χ0n) is 16.0. The van der Waals surface area contributed by atoms with Crippen LogP contribution in [0.4, 0.5) is 0 Å². The van der Waals surface area contributed by atoms with Crippen molar-refractivity contribution in [2.24, 2.45) is 0 Å². The first-order chi connectivity index (χ1) is 13.4. The maximum Gasteiger partial charge on any atom is 0.240 e. The summed E-state index contributed by atoms with van der Waals surface area (Å²) < 4.78 is 44.0. The van der Waals surface area contributed by atoms with Gasteiger partial charge in [0, 0.05) is 0 Å². The number of ether oxygens (including phenoxy) is 3. The van der Waals surface area contributed by atoms with Crippen LogP contribution in [0.3, 0.4) is 0 Å². The van der Waals surface area contributed by atoms with E-state index in [1.807, 2.05) is 12.1 Å². The molecule has 3 rings (SSSR count). The monoisotopic (exact) mass is 401 g/mol. The number of methoxy groups -OCH3 is 2. The molecule has 0 aromatic heterocycles. The molecule has 148 valence electrons. The number of sulfonamides is 1. The highest BCUT2D eigenvalue weighted by molar-refractivity contribution is 7.89. The van der Waals surface area contributed by atoms with Gasteiger partial charge in [-0.3, -0.25) is 0 Å². The maximum atomic E-state index is 12.7. The molecular weight excluding hydrogens is 378 g/mol. The lowest BCUT2D eigenvalue weighted by Crippen LogP contribution is -2.36. The van der Waals surface area contributed by atoms with Crippen molar-refractivity contribution in [2.45, 2.75) is 17.9 Å². The molecular formula is C21H23NO5S. The smallest absolute Gasteiger partial charge is 0.240 e. The topological polar surface area (TPSA) is 73.9 Å². The fourth-order valence-corrected chi connectivity index (χ4v) is 4.02. The largest absolute Gasteiger partial charge is 0.497 e. The number of benzene rings is 3. The molecule has 1 atom stereocenters. The van der Waals surface area contributed by atoms with Crippen molar-refractivity contribution in [1.29, 1.82) is 0 Å². The Morgan fingerprint density at radius 1 is 0.821 bits per heavy atom. The Morgan fingerprint density at radius 3 is 2.07 bits per heavy atom. The van der Waals surface area contributed by atoms with Gasteiger partial charge in [-0.2, -0.15) is 0 Å². The predicted octanol–water partition coefficient (Wildman–Crippen LogP) is 3.60. The van der Waals surface area contributed by atoms with Gasteiger partial charge in [-0.1, -0.05) is 12.1 Å². The van der Waals surface area contributed by atoms with E-state index in [1.54, 1.807) is 69.7 Å². The van der Waals surface area contributed by atoms with Crippen molar-refractivity contribution < 1.29 is 22.6 Å². The maximum absolute atomic E-state index is 12.7. The molecule has 28 heavy (non-hydrogen) atoms. The molecule has 0 unspecified atom stereocenters. The first-order valence-electron chi connectivity index (χ1n) is 8.78. The molecule has 0 fully saturated rings. The summed E-state index contributed by atoms with van der Waals surface area (Å²) in [5.74, 6) is 2.10. The van der Waals surface area contributed by atoms with Crippen molar-refractivity contribution in [1.82, 2.24) is 4.72 Å². The fourth-order valence-electron chi connectivity index (χ4n) is 2.76. The van der Waals surface area contributed by atoms with Crippen LogP contribution in [0.2, 0.25) is 0 Å². The molecule has 1 N–H and O–H groups in total. The summed E-state index contributed by atoms with van der Waals surface area (Å²) in [4.78, 5) is 0.210. The van der Waals surface area contributed by atoms with Crippen LogP contribution >= 0.6 is 0 Å². The Labute approximate surface area is 165 Å². The van der Waals surface area contributed by atoms with Crippen molar-refractivity contribution in [3.8, 4) is 17.2 Å². The molecule has 0 heterocycles. The summed E-state index contributed by atoms with van der Waals surface area (Å²) >= 11 is 0. The van der Waals surface area contributed by atoms with E-state index in [4.69, 9.17) is 14.2 Å². The lowest BCUT2D eigenvalue weighted by molar-refractivity contribution is 0.287. The molecule has 0 aliphatic carbocycles. The van der Waals surface area contributed by atoms with E-state index in [0.717, 1.165) is 22.3 Å². The van der Waals surface area contributed by atoms with Gasteiger partial charge in [0.1, 0.15) is 23.9 Å². The van der Waals surface area contributed by atoms with E-state index in [2.05, 4.69) is 4.72 Å². The minimum Gasteiger partial charge on any atom is -0.497 e. The Bertz CT molecular complexity index is 1050. The van der Waals surface area contributed by atoms with Gasteiger partial charge in [0.15, 0.2) is 0 Å². The average Bonchev–Trinajstić information content (AvgIpc) is 2.71. The van der Waals surface area contributed by atoms with E-state index < -0.39 is 16.1 Å². The van der Waals surface area contributed by atoms with Crippen molar-refractivity contribution in [3.63, 3.8) is 0 Å². The van der Waals surface area contributed by atoms with Gasteiger partial charge in [-0.15, -0.1) is 0 Å². The second-order valence-electron chi connectivity index (χ2n) is 6.38. The Kier molecular flexibility index (Phi) is 6.06. The summed E-state index contributed by atoms with van der Waals surface area (Å²) in [6.07, 6.45) is 0. The number of nitrogens with one attached hydrogen (secondary N) is 1. The van der Waals surface area contributed by atoms with E-state index in [9.17, 15) is 8.42 Å². The van der Waals surface area contributed by atoms with Crippen LogP contribution < -0.4 is 18.9 Å². The van der Waals surface area contributed by atoms with Gasteiger partial charge in [0.05, 0.1) is 25.2 Å². The normalized spacial score (nSPS) is 12.5. The number of fused-ring (bicyclic) bond motifs is 1. The molecule has 0 amide bonds. The predicted molar refractivity (Wildman–Crippen MR) is 109 cm³/mol. The van der Waals surface area contributed by atoms with Gasteiger partial charge in [0.25, 0.3) is 0 Å². The Balaban J connectivity index is 1.67. The highest BCUT2D eigenvalue weighted by atomic mass is 32.2. The molecule has 0 aliphatic heterocycles. The molecule has 3 aromatic carbocycles. The first kappa shape index (κ1) is 20.0. The van der Waals surface area contributed by atoms with E-state index in [-0.39, 0.29) is 11.5 Å². The van der Waals surface area contributed by atoms with Gasteiger partial charge in [-0.25, -0.2) is 13.1 Å². The van der Waals surface area contributed by atoms with Crippen LogP contribution in [0.1, 0.15) is 6.92 Å². The molecule has 3 aromatic rings. The van der Waals surface area contributed by atoms with Crippen LogP contribution in [0.5, 0.6) is 17.2 Å². The average molecular weight is 401 g/mol. The third kappa shape index (κ3) is 4.74. The number of hydrogen-bond donors (Lipinski definition) is 1. The summed E-state index contributed by atoms with van der Waals surface area (Å²) in [6.45, 7) is 1.96. The SMILES string of the molecule is COc1ccc(OC[C@@H](C)NS(=O)(=O)c2ccc3cc(OC)ccc3c2)cc1. The standard InChI is InChI=1S/C21H23NO5S/c1-15(14-27-19-9-7-18(25-2)8-10-19)22-28(23,24)21-11-5-16-12-20(26-3)6-4-17(16)13-21/h4-13,15,22H,14H2,1-3H3/t15-/m1/s1. The van der Waals surface area contributed by atoms with E-state index >= 15 is 0 Å². The first-order valence-corrected chi connectivity index (χ1v) is 10.3. The third-order valence-corrected chi connectivity index (χ3v) is 5.83. The molecule has 0 spiro atoms. The second kappa shape index (κ2) is 8.50. The summed E-state index contributed by atoms with van der Waals surface area (Å²) in [5.41, 5.74) is 0. The zero-order valence-corrected chi connectivity index (χ0v) is 16.8. The fraction of sp³-hybridized carbons (Fsp3) is 0.238. The van der Waals surface area contributed by atoms with Gasteiger partial charge >= 0.3 is 0 Å². The molecule has 0 radical (unpaired) electrons. The summed E-state index contributed by atoms with van der Waals surface area (Å²) in [7, 11) is -0.473. The van der Waals surface area contributed by atoms with Crippen LogP contribution in [0, 0.1) is 0 Å². The Hall–Kier alpha value is -2.77. The molecule has 0 bridgehead atoms. The van der Waals surface area contributed by atoms with Gasteiger partial charge < -0.3 is 14.2 Å². The van der Waals surface area contributed by atoms with Gasteiger partial charge in [0.2, 0.25) is 10.0 Å². The van der Waals surface area contributed by atoms with Crippen LogP contribution in [0.25, 0.3) is 10.8 Å². The third-order valence-electron chi connectivity index (χ3n) is 4.24. The van der Waals surface area contributed by atoms with Crippen molar-refractivity contribution in [3.05, 3.63) is 60.7 Å². The number of rotatable bonds is 8. The minimum absolute atomic E-state index is 0.205. The molecule has 0 saturated carbocycles. The zero-order chi connectivity index (χ0) is 20.1. The van der Waals surface area contributed by atoms with Crippen molar-refractivity contribution in [2.75, 3.05) is 20.8 Å². The lowest BCUT2D eigenvalue weighted by atomic mass is 10.1. The summed E-state index contributed by atoms with van der Waals surface area (Å²) in [5, 5.41) is 1.74. The van der Waals surface area contributed by atoms with Crippen LogP contribution in [0.15, 0.2) is 65.6 Å². The minimum atomic E-state index is -3.66. The molecule has 0 aliphatic rings. The van der Waals surface area contributed by atoms with Crippen molar-refractivity contribution >= 4 is 20.8 Å². The second-order valence-corrected chi connectivity index (χ2v) is 8.10. The van der Waals surface area contributed by atoms with Crippen LogP contribution in [-0.2, 0) is 10.0 Å². The molecule has 0 saturated heterocycles. The Morgan fingerprint density at radius 2 is 1.39 bits per heavy atom. The highest BCUT2D eigenvalue weighted by Gasteiger charge is 2.18. The van der Waals surface area contributed by atoms with E-state index in [0.29, 0.717) is 5.75 Å². The quantitative estimate of drug-likeness (QED) is 0.624. The van der Waals surface area contributed by atoms with Gasteiger partial charge in [-0.05, 0) is 66.2 Å². The highest BCUT2D eigenvalue weighted by Crippen LogP contribution is 2.24. The van der Waals surface area contributed by atoms with E-state index in [1.165, 1.54) is 0 Å². The number of hydrogen-bond acceptors (Lipinski definition) is 5. The van der Waals surface area contributed by atoms with Crippen LogP contribution in [-0.4, -0.2) is 35.3 Å².